The molecule has 4 aliphatic rings. The fourth-order valence-electron chi connectivity index (χ4n) is 5.22. The second-order valence-corrected chi connectivity index (χ2v) is 10.3. The zero-order valence-electron chi connectivity index (χ0n) is 18.3. The minimum absolute atomic E-state index is 0.00241. The number of ether oxygens (including phenoxy) is 1. The van der Waals surface area contributed by atoms with Gasteiger partial charge in [0.05, 0.1) is 11.1 Å². The predicted octanol–water partition coefficient (Wildman–Crippen LogP) is 5.51. The van der Waals surface area contributed by atoms with Gasteiger partial charge in [0, 0.05) is 16.7 Å². The van der Waals surface area contributed by atoms with Crippen LogP contribution in [0.15, 0.2) is 15.9 Å². The van der Waals surface area contributed by atoms with E-state index in [0.717, 1.165) is 56.9 Å². The molecule has 9 heteroatoms. The van der Waals surface area contributed by atoms with Gasteiger partial charge >= 0.3 is 6.16 Å². The van der Waals surface area contributed by atoms with Crippen LogP contribution in [-0.2, 0) is 22.4 Å². The number of carbonyl (C=O) groups is 2. The van der Waals surface area contributed by atoms with Crippen molar-refractivity contribution in [1.29, 1.82) is 0 Å². The smallest absolute Gasteiger partial charge is 0.449 e. The van der Waals surface area contributed by atoms with Crippen LogP contribution in [0.4, 0.5) is 9.80 Å². The van der Waals surface area contributed by atoms with E-state index in [0.29, 0.717) is 28.0 Å². The van der Waals surface area contributed by atoms with E-state index in [-0.39, 0.29) is 23.7 Å². The summed E-state index contributed by atoms with van der Waals surface area (Å²) in [5.74, 6) is 1.29. The minimum Gasteiger partial charge on any atom is -0.449 e. The Hall–Kier alpha value is -2.68. The van der Waals surface area contributed by atoms with Gasteiger partial charge in [-0.3, -0.25) is 4.79 Å². The van der Waals surface area contributed by atoms with Crippen molar-refractivity contribution in [3.05, 3.63) is 27.6 Å². The van der Waals surface area contributed by atoms with Gasteiger partial charge in [-0.25, -0.2) is 4.79 Å². The van der Waals surface area contributed by atoms with E-state index >= 15 is 0 Å². The molecule has 2 aromatic rings. The molecule has 0 spiro atoms. The van der Waals surface area contributed by atoms with Gasteiger partial charge in [-0.15, -0.1) is 11.3 Å². The summed E-state index contributed by atoms with van der Waals surface area (Å²) in [5.41, 5.74) is 2.48. The van der Waals surface area contributed by atoms with E-state index in [1.807, 2.05) is 13.8 Å². The lowest BCUT2D eigenvalue weighted by Crippen LogP contribution is -2.34. The summed E-state index contributed by atoms with van der Waals surface area (Å²) < 4.78 is 10.7. The van der Waals surface area contributed by atoms with Crippen LogP contribution in [0.3, 0.4) is 0 Å². The number of allylic oxidation sites excluding steroid dienone is 1. The maximum Gasteiger partial charge on any atom is 0.511 e. The Morgan fingerprint density at radius 1 is 1.16 bits per heavy atom. The van der Waals surface area contributed by atoms with Crippen LogP contribution in [0.25, 0.3) is 11.5 Å². The Morgan fingerprint density at radius 3 is 2.56 bits per heavy atom. The molecular weight excluding hydrogens is 430 g/mol. The summed E-state index contributed by atoms with van der Waals surface area (Å²) >= 11 is 1.56. The summed E-state index contributed by atoms with van der Waals surface area (Å²) in [5, 5.41) is 17.1. The number of aryl methyl sites for hydroxylation is 1. The van der Waals surface area contributed by atoms with Crippen LogP contribution >= 0.6 is 11.3 Å². The number of aromatic nitrogens is 2. The number of hydrogen-bond donors (Lipinski definition) is 2. The summed E-state index contributed by atoms with van der Waals surface area (Å²) in [6.45, 7) is 4.02. The highest BCUT2D eigenvalue weighted by atomic mass is 32.1. The van der Waals surface area contributed by atoms with E-state index < -0.39 is 6.16 Å². The number of nitrogens with zero attached hydrogens (tertiary/aromatic N) is 2. The van der Waals surface area contributed by atoms with Gasteiger partial charge in [0.25, 0.3) is 11.8 Å². The quantitative estimate of drug-likeness (QED) is 0.569. The van der Waals surface area contributed by atoms with Crippen molar-refractivity contribution in [1.82, 2.24) is 10.1 Å². The monoisotopic (exact) mass is 457 g/mol. The van der Waals surface area contributed by atoms with Crippen LogP contribution in [0.5, 0.6) is 0 Å². The molecule has 0 atom stereocenters. The van der Waals surface area contributed by atoms with Gasteiger partial charge in [-0.2, -0.15) is 4.98 Å². The number of thiophene rings is 1. The molecule has 6 rings (SSSR count). The average Bonchev–Trinajstić information content (AvgIpc) is 3.38. The first kappa shape index (κ1) is 21.2. The highest BCUT2D eigenvalue weighted by Gasteiger charge is 2.41. The molecule has 0 aliphatic heterocycles. The van der Waals surface area contributed by atoms with Gasteiger partial charge in [-0.1, -0.05) is 19.0 Å². The summed E-state index contributed by atoms with van der Waals surface area (Å²) in [7, 11) is 0. The van der Waals surface area contributed by atoms with Crippen molar-refractivity contribution in [2.24, 2.45) is 11.8 Å². The molecule has 170 valence electrons. The molecular formula is C23H27N3O5S. The Kier molecular flexibility index (Phi) is 5.53. The second-order valence-electron chi connectivity index (χ2n) is 9.18. The molecule has 0 radical (unpaired) electrons. The van der Waals surface area contributed by atoms with Crippen LogP contribution in [0.1, 0.15) is 74.6 Å². The molecule has 2 aromatic heterocycles. The Morgan fingerprint density at radius 2 is 1.88 bits per heavy atom. The summed E-state index contributed by atoms with van der Waals surface area (Å²) in [6.07, 6.45) is 6.21. The number of amides is 1. The van der Waals surface area contributed by atoms with Gasteiger partial charge < -0.3 is 19.7 Å². The highest BCUT2D eigenvalue weighted by molar-refractivity contribution is 7.17. The van der Waals surface area contributed by atoms with Gasteiger partial charge in [0.15, 0.2) is 5.82 Å². The number of carboxylic acid groups (broad SMARTS) is 1. The Balaban J connectivity index is 1.53. The van der Waals surface area contributed by atoms with E-state index in [2.05, 4.69) is 15.5 Å². The van der Waals surface area contributed by atoms with Crippen LogP contribution in [0, 0.1) is 11.8 Å². The predicted molar refractivity (Wildman–Crippen MR) is 119 cm³/mol. The first-order valence-electron chi connectivity index (χ1n) is 11.4. The maximum absolute atomic E-state index is 13.5. The molecule has 32 heavy (non-hydrogen) atoms. The first-order chi connectivity index (χ1) is 15.4. The standard InChI is InChI=1S/C23H27N3O5S/c1-11(2)19-24-21(31-26-19)17-14-5-3-4-6-15(14)32-22(17)25-20(27)16-12-7-9-13(10-8-12)18(16)30-23(28)29/h11-13H,3-10H2,1-2H3,(H,25,27)(H,28,29). The summed E-state index contributed by atoms with van der Waals surface area (Å²) in [4.78, 5) is 30.6. The first-order valence-corrected chi connectivity index (χ1v) is 12.2. The second kappa shape index (κ2) is 8.35. The van der Waals surface area contributed by atoms with Crippen molar-refractivity contribution in [3.8, 4) is 11.5 Å². The minimum atomic E-state index is -1.36. The third kappa shape index (κ3) is 3.72. The zero-order valence-corrected chi connectivity index (χ0v) is 19.1. The lowest BCUT2D eigenvalue weighted by molar-refractivity contribution is -0.114. The SMILES string of the molecule is CC(C)c1noc(-c2c(NC(=O)C3=C(OC(=O)O)C4CCC3CC4)sc3c2CCCC3)n1. The molecule has 1 amide bonds. The molecule has 0 unspecified atom stereocenters. The van der Waals surface area contributed by atoms with Gasteiger partial charge in [0.2, 0.25) is 0 Å². The molecule has 4 aliphatic carbocycles. The number of nitrogens with one attached hydrogen (secondary N) is 1. The highest BCUT2D eigenvalue weighted by Crippen LogP contribution is 2.48. The number of carbonyl (C=O) groups excluding carboxylic acids is 1. The van der Waals surface area contributed by atoms with Crippen LogP contribution < -0.4 is 5.32 Å². The maximum atomic E-state index is 13.5. The molecule has 8 nitrogen and oxygen atoms in total. The van der Waals surface area contributed by atoms with E-state index in [9.17, 15) is 14.7 Å². The molecule has 1 saturated carbocycles. The van der Waals surface area contributed by atoms with Crippen molar-refractivity contribution in [3.63, 3.8) is 0 Å². The van der Waals surface area contributed by atoms with Crippen LogP contribution in [0.2, 0.25) is 0 Å². The van der Waals surface area contributed by atoms with Gasteiger partial charge in [0.1, 0.15) is 10.8 Å². The van der Waals surface area contributed by atoms with E-state index in [4.69, 9.17) is 9.26 Å². The normalized spacial score (nSPS) is 22.2. The third-order valence-corrected chi connectivity index (χ3v) is 7.99. The molecule has 2 N–H and O–H groups in total. The molecule has 0 saturated heterocycles. The largest absolute Gasteiger partial charge is 0.511 e. The fourth-order valence-corrected chi connectivity index (χ4v) is 6.49. The van der Waals surface area contributed by atoms with Crippen molar-refractivity contribution >= 4 is 28.4 Å². The topological polar surface area (TPSA) is 115 Å². The van der Waals surface area contributed by atoms with E-state index in [1.165, 1.54) is 10.4 Å². The lowest BCUT2D eigenvalue weighted by Gasteiger charge is -2.37. The van der Waals surface area contributed by atoms with E-state index in [1.54, 1.807) is 11.3 Å². The molecule has 1 fully saturated rings. The molecule has 2 bridgehead atoms. The van der Waals surface area contributed by atoms with Crippen molar-refractivity contribution in [2.75, 3.05) is 5.32 Å². The Labute approximate surface area is 190 Å². The number of rotatable bonds is 5. The average molecular weight is 458 g/mol. The van der Waals surface area contributed by atoms with Crippen molar-refractivity contribution in [2.45, 2.75) is 71.1 Å². The number of fused-ring (bicyclic) bond motifs is 3. The third-order valence-electron chi connectivity index (χ3n) is 6.78. The summed E-state index contributed by atoms with van der Waals surface area (Å²) in [6, 6.07) is 0. The van der Waals surface area contributed by atoms with Crippen molar-refractivity contribution < 1.29 is 24.0 Å². The number of anilines is 1. The van der Waals surface area contributed by atoms with Crippen LogP contribution in [-0.4, -0.2) is 27.3 Å². The van der Waals surface area contributed by atoms with Gasteiger partial charge in [-0.05, 0) is 62.8 Å². The number of hydrogen-bond acceptors (Lipinski definition) is 7. The molecule has 2 heterocycles. The lowest BCUT2D eigenvalue weighted by atomic mass is 9.70. The fraction of sp³-hybridized carbons (Fsp3) is 0.565. The Bertz CT molecular complexity index is 1090. The molecule has 0 aromatic carbocycles. The zero-order chi connectivity index (χ0) is 22.4.